The standard InChI is InChI=1S/C9H19O3P/c1-4-7-9(6-3)12-13(10,11)8-5-2/h5,9H,2,4,6-8H2,1,3H3,(H,10,11). The molecule has 0 bridgehead atoms. The summed E-state index contributed by atoms with van der Waals surface area (Å²) in [5, 5.41) is 0. The van der Waals surface area contributed by atoms with Gasteiger partial charge in [-0.3, -0.25) is 4.57 Å². The molecule has 3 nitrogen and oxygen atoms in total. The third-order valence-electron chi connectivity index (χ3n) is 1.74. The van der Waals surface area contributed by atoms with Crippen LogP contribution in [0.15, 0.2) is 12.7 Å². The highest BCUT2D eigenvalue weighted by Crippen LogP contribution is 2.44. The van der Waals surface area contributed by atoms with Crippen LogP contribution in [0.1, 0.15) is 33.1 Å². The number of rotatable bonds is 7. The molecule has 0 aromatic rings. The Bertz CT molecular complexity index is 191. The molecule has 0 saturated heterocycles. The van der Waals surface area contributed by atoms with E-state index in [0.29, 0.717) is 0 Å². The second-order valence-electron chi connectivity index (χ2n) is 3.03. The fourth-order valence-electron chi connectivity index (χ4n) is 1.09. The van der Waals surface area contributed by atoms with Crippen LogP contribution in [0.4, 0.5) is 0 Å². The largest absolute Gasteiger partial charge is 0.332 e. The van der Waals surface area contributed by atoms with Crippen molar-refractivity contribution in [2.24, 2.45) is 0 Å². The normalized spacial score (nSPS) is 17.8. The van der Waals surface area contributed by atoms with Gasteiger partial charge in [-0.25, -0.2) is 0 Å². The quantitative estimate of drug-likeness (QED) is 0.514. The van der Waals surface area contributed by atoms with E-state index in [1.54, 1.807) is 0 Å². The minimum atomic E-state index is -3.41. The summed E-state index contributed by atoms with van der Waals surface area (Å²) in [6.45, 7) is 7.39. The summed E-state index contributed by atoms with van der Waals surface area (Å²) in [5.41, 5.74) is 0. The van der Waals surface area contributed by atoms with E-state index in [0.717, 1.165) is 19.3 Å². The van der Waals surface area contributed by atoms with E-state index in [4.69, 9.17) is 4.52 Å². The van der Waals surface area contributed by atoms with Crippen molar-refractivity contribution in [2.75, 3.05) is 6.16 Å². The third-order valence-corrected chi connectivity index (χ3v) is 3.09. The van der Waals surface area contributed by atoms with Gasteiger partial charge in [0.25, 0.3) is 0 Å². The maximum absolute atomic E-state index is 11.3. The van der Waals surface area contributed by atoms with Gasteiger partial charge >= 0.3 is 7.60 Å². The van der Waals surface area contributed by atoms with E-state index < -0.39 is 7.60 Å². The molecular formula is C9H19O3P. The fraction of sp³-hybridized carbons (Fsp3) is 0.778. The summed E-state index contributed by atoms with van der Waals surface area (Å²) < 4.78 is 16.4. The SMILES string of the molecule is C=CCP(=O)(O)OC(CC)CCC. The molecule has 0 aliphatic heterocycles. The lowest BCUT2D eigenvalue weighted by molar-refractivity contribution is 0.161. The number of allylic oxidation sites excluding steroid dienone is 1. The van der Waals surface area contributed by atoms with Gasteiger partial charge in [-0.05, 0) is 12.8 Å². The fourth-order valence-corrected chi connectivity index (χ4v) is 2.23. The van der Waals surface area contributed by atoms with Crippen molar-refractivity contribution in [1.29, 1.82) is 0 Å². The summed E-state index contributed by atoms with van der Waals surface area (Å²) in [5.74, 6) is 0. The Balaban J connectivity index is 4.04. The molecule has 4 heteroatoms. The molecule has 0 fully saturated rings. The first kappa shape index (κ1) is 12.9. The number of hydrogen-bond donors (Lipinski definition) is 1. The lowest BCUT2D eigenvalue weighted by Crippen LogP contribution is -2.10. The van der Waals surface area contributed by atoms with Crippen molar-refractivity contribution < 1.29 is 14.0 Å². The number of hydrogen-bond acceptors (Lipinski definition) is 2. The molecule has 0 saturated carbocycles. The molecule has 78 valence electrons. The van der Waals surface area contributed by atoms with Crippen LogP contribution in [0, 0.1) is 0 Å². The Morgan fingerprint density at radius 2 is 2.23 bits per heavy atom. The first-order valence-electron chi connectivity index (χ1n) is 4.66. The molecule has 0 aromatic heterocycles. The van der Waals surface area contributed by atoms with Crippen molar-refractivity contribution in [2.45, 2.75) is 39.2 Å². The Morgan fingerprint density at radius 1 is 1.62 bits per heavy atom. The minimum Gasteiger partial charge on any atom is -0.324 e. The van der Waals surface area contributed by atoms with Gasteiger partial charge in [0, 0.05) is 0 Å². The zero-order chi connectivity index (χ0) is 10.3. The van der Waals surface area contributed by atoms with Crippen LogP contribution in [0.25, 0.3) is 0 Å². The second kappa shape index (κ2) is 6.36. The van der Waals surface area contributed by atoms with Gasteiger partial charge in [-0.15, -0.1) is 6.58 Å². The Morgan fingerprint density at radius 3 is 2.62 bits per heavy atom. The summed E-state index contributed by atoms with van der Waals surface area (Å²) in [6, 6.07) is 0. The molecular weight excluding hydrogens is 187 g/mol. The summed E-state index contributed by atoms with van der Waals surface area (Å²) in [4.78, 5) is 9.30. The van der Waals surface area contributed by atoms with E-state index in [9.17, 15) is 9.46 Å². The van der Waals surface area contributed by atoms with Crippen LogP contribution < -0.4 is 0 Å². The van der Waals surface area contributed by atoms with Crippen molar-refractivity contribution in [3.05, 3.63) is 12.7 Å². The summed E-state index contributed by atoms with van der Waals surface area (Å²) in [7, 11) is -3.41. The van der Waals surface area contributed by atoms with Crippen LogP contribution in [0.3, 0.4) is 0 Å². The highest BCUT2D eigenvalue weighted by atomic mass is 31.2. The molecule has 0 radical (unpaired) electrons. The smallest absolute Gasteiger partial charge is 0.324 e. The Labute approximate surface area is 80.3 Å². The third kappa shape index (κ3) is 6.03. The molecule has 0 spiro atoms. The van der Waals surface area contributed by atoms with Crippen molar-refractivity contribution in [3.8, 4) is 0 Å². The van der Waals surface area contributed by atoms with Gasteiger partial charge in [0.15, 0.2) is 0 Å². The lowest BCUT2D eigenvalue weighted by atomic mass is 10.2. The molecule has 0 aliphatic carbocycles. The van der Waals surface area contributed by atoms with Gasteiger partial charge < -0.3 is 9.42 Å². The molecule has 13 heavy (non-hydrogen) atoms. The first-order valence-corrected chi connectivity index (χ1v) is 6.43. The predicted molar refractivity (Wildman–Crippen MR) is 55.0 cm³/mol. The highest BCUT2D eigenvalue weighted by Gasteiger charge is 2.21. The van der Waals surface area contributed by atoms with E-state index in [1.165, 1.54) is 6.08 Å². The van der Waals surface area contributed by atoms with Crippen LogP contribution in [-0.2, 0) is 9.09 Å². The van der Waals surface area contributed by atoms with Crippen LogP contribution in [0.5, 0.6) is 0 Å². The Hall–Kier alpha value is -0.110. The molecule has 2 unspecified atom stereocenters. The molecule has 2 atom stereocenters. The zero-order valence-corrected chi connectivity index (χ0v) is 9.30. The maximum Gasteiger partial charge on any atom is 0.332 e. The monoisotopic (exact) mass is 206 g/mol. The average molecular weight is 206 g/mol. The lowest BCUT2D eigenvalue weighted by Gasteiger charge is -2.18. The molecule has 0 aromatic carbocycles. The van der Waals surface area contributed by atoms with Gasteiger partial charge in [-0.1, -0.05) is 26.3 Å². The average Bonchev–Trinajstić information content (AvgIpc) is 2.03. The van der Waals surface area contributed by atoms with E-state index in [2.05, 4.69) is 6.58 Å². The predicted octanol–water partition coefficient (Wildman–Crippen LogP) is 2.95. The minimum absolute atomic E-state index is 0.0349. The maximum atomic E-state index is 11.3. The second-order valence-corrected chi connectivity index (χ2v) is 4.88. The molecule has 0 rings (SSSR count). The van der Waals surface area contributed by atoms with Gasteiger partial charge in [0.05, 0.1) is 12.3 Å². The molecule has 0 heterocycles. The van der Waals surface area contributed by atoms with Gasteiger partial charge in [0.1, 0.15) is 0 Å². The summed E-state index contributed by atoms with van der Waals surface area (Å²) in [6.07, 6.45) is 3.92. The highest BCUT2D eigenvalue weighted by molar-refractivity contribution is 7.53. The van der Waals surface area contributed by atoms with Crippen LogP contribution in [0.2, 0.25) is 0 Å². The van der Waals surface area contributed by atoms with Gasteiger partial charge in [-0.2, -0.15) is 0 Å². The van der Waals surface area contributed by atoms with Crippen molar-refractivity contribution in [3.63, 3.8) is 0 Å². The van der Waals surface area contributed by atoms with Crippen LogP contribution >= 0.6 is 7.60 Å². The first-order chi connectivity index (χ1) is 6.05. The van der Waals surface area contributed by atoms with Crippen LogP contribution in [-0.4, -0.2) is 17.2 Å². The zero-order valence-electron chi connectivity index (χ0n) is 8.40. The van der Waals surface area contributed by atoms with E-state index in [1.807, 2.05) is 13.8 Å². The topological polar surface area (TPSA) is 46.5 Å². The van der Waals surface area contributed by atoms with Crippen molar-refractivity contribution in [1.82, 2.24) is 0 Å². The van der Waals surface area contributed by atoms with E-state index >= 15 is 0 Å². The molecule has 0 aliphatic rings. The van der Waals surface area contributed by atoms with Crippen molar-refractivity contribution >= 4 is 7.60 Å². The Kier molecular flexibility index (Phi) is 6.31. The molecule has 0 amide bonds. The van der Waals surface area contributed by atoms with E-state index in [-0.39, 0.29) is 12.3 Å². The van der Waals surface area contributed by atoms with Gasteiger partial charge in [0.2, 0.25) is 0 Å². The summed E-state index contributed by atoms with van der Waals surface area (Å²) >= 11 is 0. The molecule has 1 N–H and O–H groups in total.